The van der Waals surface area contributed by atoms with Gasteiger partial charge in [-0.25, -0.2) is 0 Å². The van der Waals surface area contributed by atoms with E-state index in [9.17, 15) is 19.5 Å². The Morgan fingerprint density at radius 1 is 0.286 bits per heavy atom. The summed E-state index contributed by atoms with van der Waals surface area (Å²) in [6, 6.07) is 0. The van der Waals surface area contributed by atoms with E-state index in [1.165, 1.54) is 238 Å². The third kappa shape index (κ3) is 86.3. The molecule has 0 aromatic heterocycles. The lowest BCUT2D eigenvalue weighted by Gasteiger charge is -2.26. The number of rotatable bonds is 81. The van der Waals surface area contributed by atoms with Crippen LogP contribution in [0.25, 0.3) is 0 Å². The number of carbonyl (C=O) groups is 3. The van der Waals surface area contributed by atoms with E-state index in [1.807, 2.05) is 21.1 Å². The van der Waals surface area contributed by atoms with Gasteiger partial charge in [-0.05, 0) is 116 Å². The second kappa shape index (κ2) is 84.8. The molecule has 0 spiro atoms. The van der Waals surface area contributed by atoms with Crippen LogP contribution in [0.3, 0.4) is 0 Å². The molecule has 0 radical (unpaired) electrons. The summed E-state index contributed by atoms with van der Waals surface area (Å²) in [6.07, 6.45) is 121. The first-order valence-corrected chi connectivity index (χ1v) is 44.0. The van der Waals surface area contributed by atoms with Crippen LogP contribution in [-0.2, 0) is 33.3 Å². The molecular formula is C96H165NO8. The van der Waals surface area contributed by atoms with Gasteiger partial charge in [0.05, 0.1) is 40.3 Å². The normalized spacial score (nSPS) is 13.3. The maximum atomic E-state index is 13.0. The van der Waals surface area contributed by atoms with Crippen LogP contribution in [0.4, 0.5) is 0 Å². The Morgan fingerprint density at radius 3 is 0.762 bits per heavy atom. The van der Waals surface area contributed by atoms with Crippen molar-refractivity contribution in [3.63, 3.8) is 0 Å². The van der Waals surface area contributed by atoms with E-state index in [0.29, 0.717) is 23.9 Å². The summed E-state index contributed by atoms with van der Waals surface area (Å²) in [6.45, 7) is 4.56. The SMILES string of the molecule is CC/C=C\C/C=C\C/C=C\C/C=C\C/C=C\C/C=C\C/C=C\C/C=C\CCCCCCCCCCCCCCCCC(=O)OC(COC(=O)CCCCCCCCCCCCCCCCCCCCCCCCCCCCCC/C=C\C/C=C\C/C=C\C/C=C\CC)COC(OCC[N+](C)(C)C)C(=O)[O-]. The van der Waals surface area contributed by atoms with Crippen LogP contribution < -0.4 is 5.11 Å². The number of aliphatic carboxylic acids is 1. The number of hydrogen-bond donors (Lipinski definition) is 0. The fourth-order valence-electron chi connectivity index (χ4n) is 12.5. The minimum Gasteiger partial charge on any atom is -0.545 e. The van der Waals surface area contributed by atoms with Gasteiger partial charge in [0.15, 0.2) is 12.4 Å². The van der Waals surface area contributed by atoms with Crippen molar-refractivity contribution in [2.45, 2.75) is 399 Å². The molecule has 0 aliphatic heterocycles. The van der Waals surface area contributed by atoms with Gasteiger partial charge < -0.3 is 33.3 Å². The minimum absolute atomic E-state index is 0.145. The van der Waals surface area contributed by atoms with E-state index >= 15 is 0 Å². The number of carbonyl (C=O) groups excluding carboxylic acids is 3. The van der Waals surface area contributed by atoms with E-state index in [4.69, 9.17) is 18.9 Å². The molecule has 0 amide bonds. The number of hydrogen-bond acceptors (Lipinski definition) is 8. The quantitative estimate of drug-likeness (QED) is 0.0195. The first kappa shape index (κ1) is 100. The van der Waals surface area contributed by atoms with Crippen LogP contribution in [0.1, 0.15) is 386 Å². The van der Waals surface area contributed by atoms with E-state index in [-0.39, 0.29) is 32.2 Å². The summed E-state index contributed by atoms with van der Waals surface area (Å²) in [7, 11) is 5.94. The monoisotopic (exact) mass is 1460 g/mol. The number of carboxylic acid groups (broad SMARTS) is 1. The van der Waals surface area contributed by atoms with Crippen molar-refractivity contribution < 1.29 is 42.9 Å². The van der Waals surface area contributed by atoms with Gasteiger partial charge in [-0.3, -0.25) is 9.59 Å². The Balaban J connectivity index is 3.97. The maximum absolute atomic E-state index is 13.0. The standard InChI is InChI=1S/C96H165NO8/c1-6-8-10-12-14-16-18-20-22-24-26-28-30-32-34-36-38-40-42-44-46-47-49-50-52-54-56-58-60-62-64-66-68-70-72-74-76-78-80-82-84-86-93(98)103-90-92(91-104-96(95(100)101)102-89-88-97(3,4)5)105-94(99)87-85-83-81-79-77-75-73-71-69-67-65-63-61-59-57-55-53-51-48-45-43-41-39-37-35-33-31-29-27-25-23-21-19-17-15-13-11-9-7-2/h8-11,14-17,20-23,26-29,33,35,39,41,45,48,53,55,92,96H,6-7,12-13,18-19,24-25,30-32,34,36-38,40,42-44,46-47,49-52,54,56-91H2,1-5H3/b10-8-,11-9-,16-14-,17-15-,22-20-,23-21-,28-26-,29-27-,35-33-,41-39-,48-45-,55-53-. The molecular weight excluding hydrogens is 1300 g/mol. The number of ether oxygens (including phenoxy) is 4. The van der Waals surface area contributed by atoms with Crippen LogP contribution in [0.2, 0.25) is 0 Å². The highest BCUT2D eigenvalue weighted by molar-refractivity contribution is 5.70. The molecule has 0 heterocycles. The number of allylic oxidation sites excluding steroid dienone is 24. The Morgan fingerprint density at radius 2 is 0.514 bits per heavy atom. The number of carboxylic acids is 1. The molecule has 0 N–H and O–H groups in total. The van der Waals surface area contributed by atoms with E-state index in [1.54, 1.807) is 0 Å². The van der Waals surface area contributed by atoms with E-state index in [2.05, 4.69) is 160 Å². The average Bonchev–Trinajstić information content (AvgIpc) is 1.97. The van der Waals surface area contributed by atoms with Crippen molar-refractivity contribution in [3.05, 3.63) is 146 Å². The molecule has 0 aliphatic rings. The lowest BCUT2D eigenvalue weighted by atomic mass is 10.0. The Labute approximate surface area is 649 Å². The van der Waals surface area contributed by atoms with E-state index in [0.717, 1.165) is 116 Å². The van der Waals surface area contributed by atoms with Crippen molar-refractivity contribution in [1.82, 2.24) is 0 Å². The second-order valence-corrected chi connectivity index (χ2v) is 30.4. The maximum Gasteiger partial charge on any atom is 0.306 e. The van der Waals surface area contributed by atoms with Crippen molar-refractivity contribution in [2.24, 2.45) is 0 Å². The molecule has 0 aromatic rings. The second-order valence-electron chi connectivity index (χ2n) is 30.4. The van der Waals surface area contributed by atoms with Gasteiger partial charge in [0, 0.05) is 12.8 Å². The van der Waals surface area contributed by atoms with Gasteiger partial charge in [0.25, 0.3) is 0 Å². The smallest absolute Gasteiger partial charge is 0.306 e. The summed E-state index contributed by atoms with van der Waals surface area (Å²) in [5.41, 5.74) is 0. The number of esters is 2. The summed E-state index contributed by atoms with van der Waals surface area (Å²) in [4.78, 5) is 37.7. The first-order chi connectivity index (χ1) is 51.6. The third-order valence-corrected chi connectivity index (χ3v) is 19.1. The van der Waals surface area contributed by atoms with Gasteiger partial charge in [0.1, 0.15) is 13.2 Å². The molecule has 0 saturated carbocycles. The summed E-state index contributed by atoms with van der Waals surface area (Å²) in [5, 5.41) is 11.9. The molecule has 602 valence electrons. The summed E-state index contributed by atoms with van der Waals surface area (Å²) < 4.78 is 22.9. The minimum atomic E-state index is -1.63. The number of likely N-dealkylation sites (N-methyl/N-ethyl adjacent to an activating group) is 1. The Kier molecular flexibility index (Phi) is 80.9. The van der Waals surface area contributed by atoms with Crippen molar-refractivity contribution in [3.8, 4) is 0 Å². The molecule has 0 rings (SSSR count). The fourth-order valence-corrected chi connectivity index (χ4v) is 12.5. The summed E-state index contributed by atoms with van der Waals surface area (Å²) in [5.74, 6) is -2.27. The highest BCUT2D eigenvalue weighted by Gasteiger charge is 2.22. The van der Waals surface area contributed by atoms with Gasteiger partial charge in [-0.1, -0.05) is 404 Å². The van der Waals surface area contributed by atoms with Gasteiger partial charge in [0.2, 0.25) is 0 Å². The number of nitrogens with zero attached hydrogens (tertiary/aromatic N) is 1. The zero-order valence-electron chi connectivity index (χ0n) is 69.1. The molecule has 0 saturated heterocycles. The zero-order valence-corrected chi connectivity index (χ0v) is 69.1. The lowest BCUT2D eigenvalue weighted by Crippen LogP contribution is -2.44. The predicted molar refractivity (Wildman–Crippen MR) is 453 cm³/mol. The van der Waals surface area contributed by atoms with Crippen LogP contribution in [-0.4, -0.2) is 82.3 Å². The molecule has 2 unspecified atom stereocenters. The topological polar surface area (TPSA) is 111 Å². The predicted octanol–water partition coefficient (Wildman–Crippen LogP) is 27.6. The van der Waals surface area contributed by atoms with Crippen LogP contribution in [0.15, 0.2) is 146 Å². The highest BCUT2D eigenvalue weighted by Crippen LogP contribution is 2.19. The Hall–Kier alpha value is -4.83. The lowest BCUT2D eigenvalue weighted by molar-refractivity contribution is -0.870. The summed E-state index contributed by atoms with van der Waals surface area (Å²) >= 11 is 0. The van der Waals surface area contributed by atoms with Gasteiger partial charge >= 0.3 is 11.9 Å². The molecule has 105 heavy (non-hydrogen) atoms. The number of quaternary nitrogens is 1. The van der Waals surface area contributed by atoms with E-state index < -0.39 is 24.3 Å². The van der Waals surface area contributed by atoms with Gasteiger partial charge in [-0.15, -0.1) is 0 Å². The molecule has 0 bridgehead atoms. The first-order valence-electron chi connectivity index (χ1n) is 44.0. The average molecular weight is 1460 g/mol. The highest BCUT2D eigenvalue weighted by atomic mass is 16.7. The van der Waals surface area contributed by atoms with Crippen molar-refractivity contribution in [2.75, 3.05) is 47.5 Å². The van der Waals surface area contributed by atoms with Crippen molar-refractivity contribution >= 4 is 17.9 Å². The molecule has 0 aliphatic carbocycles. The molecule has 0 aromatic carbocycles. The fraction of sp³-hybridized carbons (Fsp3) is 0.719. The van der Waals surface area contributed by atoms with Crippen LogP contribution in [0.5, 0.6) is 0 Å². The molecule has 0 fully saturated rings. The van der Waals surface area contributed by atoms with Crippen LogP contribution >= 0.6 is 0 Å². The Bertz CT molecular complexity index is 2250. The number of unbranched alkanes of at least 4 members (excludes halogenated alkanes) is 42. The molecule has 9 nitrogen and oxygen atoms in total. The third-order valence-electron chi connectivity index (χ3n) is 19.1. The largest absolute Gasteiger partial charge is 0.545 e. The van der Waals surface area contributed by atoms with Crippen LogP contribution in [0, 0.1) is 0 Å². The van der Waals surface area contributed by atoms with Gasteiger partial charge in [-0.2, -0.15) is 0 Å². The van der Waals surface area contributed by atoms with Crippen molar-refractivity contribution in [1.29, 1.82) is 0 Å². The molecule has 2 atom stereocenters. The zero-order chi connectivity index (χ0) is 76.0. The molecule has 9 heteroatoms.